The summed E-state index contributed by atoms with van der Waals surface area (Å²) in [5.41, 5.74) is 0. The lowest BCUT2D eigenvalue weighted by atomic mass is 10.4. The Morgan fingerprint density at radius 2 is 2.19 bits per heavy atom. The molecule has 0 unspecified atom stereocenters. The van der Waals surface area contributed by atoms with Gasteiger partial charge in [-0.2, -0.15) is 0 Å². The lowest BCUT2D eigenvalue weighted by Gasteiger charge is -2.05. The predicted molar refractivity (Wildman–Crippen MR) is 63.0 cm³/mol. The van der Waals surface area contributed by atoms with Gasteiger partial charge in [-0.25, -0.2) is 23.1 Å². The van der Waals surface area contributed by atoms with E-state index in [4.69, 9.17) is 11.6 Å². The van der Waals surface area contributed by atoms with Crippen LogP contribution >= 0.6 is 11.6 Å². The molecule has 0 aliphatic rings. The van der Waals surface area contributed by atoms with Gasteiger partial charge in [-0.05, 0) is 24.1 Å². The highest BCUT2D eigenvalue weighted by Crippen LogP contribution is 2.05. The van der Waals surface area contributed by atoms with Crippen LogP contribution in [-0.2, 0) is 10.0 Å². The molecule has 0 radical (unpaired) electrons. The van der Waals surface area contributed by atoms with Crippen LogP contribution in [0.4, 0.5) is 5.82 Å². The molecule has 0 aliphatic carbocycles. The fourth-order valence-corrected chi connectivity index (χ4v) is 1.66. The summed E-state index contributed by atoms with van der Waals surface area (Å²) in [5.74, 6) is 0.624. The minimum Gasteiger partial charge on any atom is -0.370 e. The number of rotatable bonds is 6. The van der Waals surface area contributed by atoms with Gasteiger partial charge in [0.1, 0.15) is 5.82 Å². The first-order valence-electron chi connectivity index (χ1n) is 4.64. The van der Waals surface area contributed by atoms with E-state index < -0.39 is 10.0 Å². The van der Waals surface area contributed by atoms with Crippen LogP contribution in [0, 0.1) is 0 Å². The molecule has 8 heteroatoms. The molecule has 0 spiro atoms. The fourth-order valence-electron chi connectivity index (χ4n) is 0.996. The first-order chi connectivity index (χ1) is 7.47. The summed E-state index contributed by atoms with van der Waals surface area (Å²) in [6, 6.07) is 1.69. The highest BCUT2D eigenvalue weighted by atomic mass is 35.5. The summed E-state index contributed by atoms with van der Waals surface area (Å²) in [6.45, 7) is 1.00. The van der Waals surface area contributed by atoms with E-state index in [-0.39, 0.29) is 5.28 Å². The number of nitrogens with one attached hydrogen (secondary N) is 2. The van der Waals surface area contributed by atoms with E-state index in [0.29, 0.717) is 25.3 Å². The van der Waals surface area contributed by atoms with Gasteiger partial charge in [0.25, 0.3) is 0 Å². The van der Waals surface area contributed by atoms with Crippen LogP contribution in [0.3, 0.4) is 0 Å². The summed E-state index contributed by atoms with van der Waals surface area (Å²) in [7, 11) is -3.10. The van der Waals surface area contributed by atoms with Crippen molar-refractivity contribution in [1.82, 2.24) is 14.7 Å². The molecule has 0 saturated heterocycles. The van der Waals surface area contributed by atoms with E-state index in [1.165, 1.54) is 0 Å². The zero-order valence-corrected chi connectivity index (χ0v) is 10.3. The van der Waals surface area contributed by atoms with Gasteiger partial charge in [0.2, 0.25) is 15.3 Å². The molecule has 6 nitrogen and oxygen atoms in total. The van der Waals surface area contributed by atoms with Gasteiger partial charge in [0.05, 0.1) is 6.26 Å². The molecule has 0 amide bonds. The van der Waals surface area contributed by atoms with Gasteiger partial charge in [0, 0.05) is 19.3 Å². The SMILES string of the molecule is CS(=O)(=O)NCCCNc1ccnc(Cl)n1. The molecule has 1 aromatic rings. The van der Waals surface area contributed by atoms with Gasteiger partial charge in [-0.1, -0.05) is 0 Å². The lowest BCUT2D eigenvalue weighted by molar-refractivity contribution is 0.586. The Morgan fingerprint density at radius 3 is 2.81 bits per heavy atom. The van der Waals surface area contributed by atoms with Crippen molar-refractivity contribution in [3.8, 4) is 0 Å². The Balaban J connectivity index is 2.21. The standard InChI is InChI=1S/C8H13ClN4O2S/c1-16(14,15)12-5-2-4-10-7-3-6-11-8(9)13-7/h3,6,12H,2,4-5H2,1H3,(H,10,11,13). The molecular formula is C8H13ClN4O2S. The zero-order chi connectivity index (χ0) is 12.0. The van der Waals surface area contributed by atoms with Crippen LogP contribution in [0.15, 0.2) is 12.3 Å². The summed E-state index contributed by atoms with van der Waals surface area (Å²) in [4.78, 5) is 7.66. The van der Waals surface area contributed by atoms with E-state index >= 15 is 0 Å². The molecule has 16 heavy (non-hydrogen) atoms. The van der Waals surface area contributed by atoms with Crippen LogP contribution < -0.4 is 10.0 Å². The maximum absolute atomic E-state index is 10.7. The monoisotopic (exact) mass is 264 g/mol. The molecule has 1 rings (SSSR count). The smallest absolute Gasteiger partial charge is 0.224 e. The number of hydrogen-bond acceptors (Lipinski definition) is 5. The number of sulfonamides is 1. The predicted octanol–water partition coefficient (Wildman–Crippen LogP) is 0.481. The van der Waals surface area contributed by atoms with E-state index in [1.807, 2.05) is 0 Å². The summed E-state index contributed by atoms with van der Waals surface area (Å²) >= 11 is 5.59. The van der Waals surface area contributed by atoms with Crippen LogP contribution in [0.2, 0.25) is 5.28 Å². The molecule has 2 N–H and O–H groups in total. The Labute approximate surface area is 99.5 Å². The third kappa shape index (κ3) is 5.84. The van der Waals surface area contributed by atoms with Crippen molar-refractivity contribution >= 4 is 27.4 Å². The first-order valence-corrected chi connectivity index (χ1v) is 6.91. The number of hydrogen-bond donors (Lipinski definition) is 2. The maximum atomic E-state index is 10.7. The Bertz CT molecular complexity index is 437. The van der Waals surface area contributed by atoms with Crippen molar-refractivity contribution in [2.24, 2.45) is 0 Å². The second-order valence-corrected chi connectivity index (χ2v) is 5.33. The molecule has 0 atom stereocenters. The highest BCUT2D eigenvalue weighted by Gasteiger charge is 1.99. The average Bonchev–Trinajstić information content (AvgIpc) is 2.15. The molecule has 1 heterocycles. The topological polar surface area (TPSA) is 84.0 Å². The van der Waals surface area contributed by atoms with Gasteiger partial charge in [-0.3, -0.25) is 0 Å². The Morgan fingerprint density at radius 1 is 1.44 bits per heavy atom. The maximum Gasteiger partial charge on any atom is 0.224 e. The van der Waals surface area contributed by atoms with Gasteiger partial charge in [-0.15, -0.1) is 0 Å². The van der Waals surface area contributed by atoms with Crippen LogP contribution in [-0.4, -0.2) is 37.7 Å². The molecule has 0 fully saturated rings. The van der Waals surface area contributed by atoms with Gasteiger partial charge >= 0.3 is 0 Å². The molecule has 1 aromatic heterocycles. The molecule has 0 aliphatic heterocycles. The summed E-state index contributed by atoms with van der Waals surface area (Å²) < 4.78 is 23.9. The van der Waals surface area contributed by atoms with Crippen LogP contribution in [0.1, 0.15) is 6.42 Å². The van der Waals surface area contributed by atoms with Crippen molar-refractivity contribution in [2.75, 3.05) is 24.7 Å². The summed E-state index contributed by atoms with van der Waals surface area (Å²) in [6.07, 6.45) is 3.34. The number of aromatic nitrogens is 2. The van der Waals surface area contributed by atoms with Crippen molar-refractivity contribution in [3.63, 3.8) is 0 Å². The largest absolute Gasteiger partial charge is 0.370 e. The quantitative estimate of drug-likeness (QED) is 0.577. The van der Waals surface area contributed by atoms with E-state index in [9.17, 15) is 8.42 Å². The Kier molecular flexibility index (Phi) is 4.91. The van der Waals surface area contributed by atoms with E-state index in [1.54, 1.807) is 12.3 Å². The third-order valence-electron chi connectivity index (χ3n) is 1.65. The van der Waals surface area contributed by atoms with Crippen molar-refractivity contribution in [1.29, 1.82) is 0 Å². The average molecular weight is 265 g/mol. The number of anilines is 1. The first kappa shape index (κ1) is 13.1. The molecule has 0 saturated carbocycles. The van der Waals surface area contributed by atoms with E-state index in [0.717, 1.165) is 6.26 Å². The third-order valence-corrected chi connectivity index (χ3v) is 2.56. The van der Waals surface area contributed by atoms with Gasteiger partial charge in [0.15, 0.2) is 0 Å². The Hall–Kier alpha value is -0.920. The zero-order valence-electron chi connectivity index (χ0n) is 8.77. The molecular weight excluding hydrogens is 252 g/mol. The van der Waals surface area contributed by atoms with Crippen molar-refractivity contribution in [2.45, 2.75) is 6.42 Å². The molecule has 90 valence electrons. The lowest BCUT2D eigenvalue weighted by Crippen LogP contribution is -2.24. The second-order valence-electron chi connectivity index (χ2n) is 3.16. The minimum absolute atomic E-state index is 0.180. The normalized spacial score (nSPS) is 11.4. The van der Waals surface area contributed by atoms with Gasteiger partial charge < -0.3 is 5.32 Å². The van der Waals surface area contributed by atoms with Crippen LogP contribution in [0.25, 0.3) is 0 Å². The van der Waals surface area contributed by atoms with E-state index in [2.05, 4.69) is 20.0 Å². The minimum atomic E-state index is -3.10. The highest BCUT2D eigenvalue weighted by molar-refractivity contribution is 7.88. The molecule has 0 aromatic carbocycles. The van der Waals surface area contributed by atoms with Crippen LogP contribution in [0.5, 0.6) is 0 Å². The fraction of sp³-hybridized carbons (Fsp3) is 0.500. The molecule has 0 bridgehead atoms. The summed E-state index contributed by atoms with van der Waals surface area (Å²) in [5, 5.41) is 3.18. The van der Waals surface area contributed by atoms with Crippen molar-refractivity contribution in [3.05, 3.63) is 17.5 Å². The second kappa shape index (κ2) is 5.97. The van der Waals surface area contributed by atoms with Crippen molar-refractivity contribution < 1.29 is 8.42 Å². The number of halogens is 1. The number of nitrogens with zero attached hydrogens (tertiary/aromatic N) is 2.